The molecule has 100 valence electrons. The molecule has 0 bridgehead atoms. The average molecular weight is 269 g/mol. The van der Waals surface area contributed by atoms with Gasteiger partial charge in [-0.15, -0.1) is 0 Å². The number of hydrogen-bond acceptors (Lipinski definition) is 2. The Morgan fingerprint density at radius 1 is 1.44 bits per heavy atom. The van der Waals surface area contributed by atoms with Crippen LogP contribution in [0.3, 0.4) is 0 Å². The highest BCUT2D eigenvalue weighted by Crippen LogP contribution is 2.25. The minimum absolute atomic E-state index is 0.00590. The van der Waals surface area contributed by atoms with Gasteiger partial charge in [0.15, 0.2) is 0 Å². The van der Waals surface area contributed by atoms with Gasteiger partial charge >= 0.3 is 0 Å². The number of nitrogens with one attached hydrogen (secondary N) is 1. The Balaban J connectivity index is 2.47. The van der Waals surface area contributed by atoms with Crippen LogP contribution in [0.2, 0.25) is 5.02 Å². The molecule has 3 nitrogen and oxygen atoms in total. The van der Waals surface area contributed by atoms with Crippen LogP contribution in [0.4, 0.5) is 5.69 Å². The fourth-order valence-corrected chi connectivity index (χ4v) is 1.94. The molecule has 0 spiro atoms. The predicted octanol–water partition coefficient (Wildman–Crippen LogP) is 3.35. The molecule has 18 heavy (non-hydrogen) atoms. The van der Waals surface area contributed by atoms with Gasteiger partial charge in [-0.1, -0.05) is 30.7 Å². The molecule has 0 radical (unpaired) electrons. The van der Waals surface area contributed by atoms with Gasteiger partial charge in [0.2, 0.25) is 5.91 Å². The monoisotopic (exact) mass is 268 g/mol. The summed E-state index contributed by atoms with van der Waals surface area (Å²) in [7, 11) is 0. The van der Waals surface area contributed by atoms with E-state index in [2.05, 4.69) is 12.2 Å². The number of anilines is 1. The van der Waals surface area contributed by atoms with Crippen molar-refractivity contribution in [2.45, 2.75) is 33.1 Å². The molecule has 0 fully saturated rings. The van der Waals surface area contributed by atoms with Crippen molar-refractivity contribution < 1.29 is 4.79 Å². The maximum atomic E-state index is 11.8. The molecule has 1 atom stereocenters. The number of nitrogens with two attached hydrogens (primary N) is 1. The minimum Gasteiger partial charge on any atom is -0.330 e. The van der Waals surface area contributed by atoms with Crippen molar-refractivity contribution >= 4 is 23.2 Å². The van der Waals surface area contributed by atoms with E-state index in [1.54, 1.807) is 0 Å². The third-order valence-corrected chi connectivity index (χ3v) is 3.49. The van der Waals surface area contributed by atoms with Crippen LogP contribution in [0, 0.1) is 12.8 Å². The Morgan fingerprint density at radius 2 is 2.17 bits per heavy atom. The number of aryl methyl sites for hydroxylation is 1. The highest BCUT2D eigenvalue weighted by atomic mass is 35.5. The summed E-state index contributed by atoms with van der Waals surface area (Å²) >= 11 is 6.12. The molecule has 0 saturated carbocycles. The number of hydrogen-bond donors (Lipinski definition) is 2. The molecule has 1 rings (SSSR count). The van der Waals surface area contributed by atoms with Crippen LogP contribution in [0.5, 0.6) is 0 Å². The summed E-state index contributed by atoms with van der Waals surface area (Å²) in [6.07, 6.45) is 2.32. The summed E-state index contributed by atoms with van der Waals surface area (Å²) in [6.45, 7) is 4.70. The summed E-state index contributed by atoms with van der Waals surface area (Å²) in [4.78, 5) is 11.8. The molecule has 0 saturated heterocycles. The molecule has 0 aliphatic carbocycles. The quantitative estimate of drug-likeness (QED) is 0.831. The van der Waals surface area contributed by atoms with E-state index in [1.807, 2.05) is 25.1 Å². The van der Waals surface area contributed by atoms with E-state index >= 15 is 0 Å². The lowest BCUT2D eigenvalue weighted by Crippen LogP contribution is -2.14. The van der Waals surface area contributed by atoms with Gasteiger partial charge in [-0.2, -0.15) is 0 Å². The van der Waals surface area contributed by atoms with Crippen LogP contribution in [0.1, 0.15) is 31.7 Å². The van der Waals surface area contributed by atoms with Gasteiger partial charge in [-0.3, -0.25) is 4.79 Å². The first-order valence-electron chi connectivity index (χ1n) is 6.29. The number of amides is 1. The Kier molecular flexibility index (Phi) is 6.16. The maximum absolute atomic E-state index is 11.8. The van der Waals surface area contributed by atoms with Crippen LogP contribution in [0.25, 0.3) is 0 Å². The van der Waals surface area contributed by atoms with Crippen LogP contribution in [-0.2, 0) is 4.79 Å². The third-order valence-electron chi connectivity index (χ3n) is 2.99. The first-order chi connectivity index (χ1) is 8.54. The molecule has 0 aliphatic heterocycles. The van der Waals surface area contributed by atoms with Crippen molar-refractivity contribution in [3.8, 4) is 0 Å². The van der Waals surface area contributed by atoms with Crippen molar-refractivity contribution in [2.75, 3.05) is 11.9 Å². The topological polar surface area (TPSA) is 55.1 Å². The van der Waals surface area contributed by atoms with Crippen molar-refractivity contribution in [3.63, 3.8) is 0 Å². The lowest BCUT2D eigenvalue weighted by Gasteiger charge is -2.11. The molecule has 1 aromatic rings. The Hall–Kier alpha value is -1.06. The molecule has 4 heteroatoms. The van der Waals surface area contributed by atoms with Gasteiger partial charge in [0.25, 0.3) is 0 Å². The molecular weight excluding hydrogens is 248 g/mol. The van der Waals surface area contributed by atoms with Gasteiger partial charge < -0.3 is 11.1 Å². The SMILES string of the molecule is Cc1cccc(NC(=O)CCC(C)CCN)c1Cl. The normalized spacial score (nSPS) is 12.2. The van der Waals surface area contributed by atoms with E-state index in [0.29, 0.717) is 29.6 Å². The van der Waals surface area contributed by atoms with Crippen molar-refractivity contribution in [1.82, 2.24) is 0 Å². The second-order valence-corrected chi connectivity index (χ2v) is 5.08. The Morgan fingerprint density at radius 3 is 2.83 bits per heavy atom. The van der Waals surface area contributed by atoms with Gasteiger partial charge in [0, 0.05) is 6.42 Å². The highest BCUT2D eigenvalue weighted by molar-refractivity contribution is 6.34. The first-order valence-corrected chi connectivity index (χ1v) is 6.67. The minimum atomic E-state index is 0.00590. The van der Waals surface area contributed by atoms with E-state index in [1.165, 1.54) is 0 Å². The summed E-state index contributed by atoms with van der Waals surface area (Å²) in [6, 6.07) is 5.62. The Bertz CT molecular complexity index is 407. The third kappa shape index (κ3) is 4.67. The van der Waals surface area contributed by atoms with E-state index in [0.717, 1.165) is 18.4 Å². The maximum Gasteiger partial charge on any atom is 0.224 e. The predicted molar refractivity (Wildman–Crippen MR) is 76.9 cm³/mol. The lowest BCUT2D eigenvalue weighted by atomic mass is 10.0. The number of rotatable bonds is 6. The molecule has 0 aromatic heterocycles. The van der Waals surface area contributed by atoms with Crippen LogP contribution >= 0.6 is 11.6 Å². The smallest absolute Gasteiger partial charge is 0.224 e. The molecule has 1 aromatic carbocycles. The molecular formula is C14H21ClN2O. The summed E-state index contributed by atoms with van der Waals surface area (Å²) in [5.41, 5.74) is 7.13. The van der Waals surface area contributed by atoms with Gasteiger partial charge in [-0.05, 0) is 43.9 Å². The van der Waals surface area contributed by atoms with E-state index in [9.17, 15) is 4.79 Å². The van der Waals surface area contributed by atoms with Crippen LogP contribution in [0.15, 0.2) is 18.2 Å². The fourth-order valence-electron chi connectivity index (χ4n) is 1.76. The first kappa shape index (κ1) is 15.0. The largest absolute Gasteiger partial charge is 0.330 e. The molecule has 1 unspecified atom stereocenters. The van der Waals surface area contributed by atoms with Gasteiger partial charge in [0.1, 0.15) is 0 Å². The zero-order chi connectivity index (χ0) is 13.5. The summed E-state index contributed by atoms with van der Waals surface area (Å²) in [5, 5.41) is 3.46. The van der Waals surface area contributed by atoms with Gasteiger partial charge in [0.05, 0.1) is 10.7 Å². The van der Waals surface area contributed by atoms with Crippen LogP contribution < -0.4 is 11.1 Å². The molecule has 0 heterocycles. The van der Waals surface area contributed by atoms with Crippen molar-refractivity contribution in [3.05, 3.63) is 28.8 Å². The Labute approximate surface area is 114 Å². The summed E-state index contributed by atoms with van der Waals surface area (Å²) < 4.78 is 0. The highest BCUT2D eigenvalue weighted by Gasteiger charge is 2.09. The standard InChI is InChI=1S/C14H21ClN2O/c1-10(8-9-16)6-7-13(18)17-12-5-3-4-11(2)14(12)15/h3-5,10H,6-9,16H2,1-2H3,(H,17,18). The molecule has 1 amide bonds. The summed E-state index contributed by atoms with van der Waals surface area (Å²) in [5.74, 6) is 0.486. The molecule has 0 aliphatic rings. The zero-order valence-corrected chi connectivity index (χ0v) is 11.8. The van der Waals surface area contributed by atoms with Gasteiger partial charge in [-0.25, -0.2) is 0 Å². The number of carbonyl (C=O) groups is 1. The lowest BCUT2D eigenvalue weighted by molar-refractivity contribution is -0.116. The second-order valence-electron chi connectivity index (χ2n) is 4.71. The average Bonchev–Trinajstić information content (AvgIpc) is 2.33. The van der Waals surface area contributed by atoms with E-state index < -0.39 is 0 Å². The van der Waals surface area contributed by atoms with E-state index in [-0.39, 0.29) is 5.91 Å². The van der Waals surface area contributed by atoms with Crippen LogP contribution in [-0.4, -0.2) is 12.5 Å². The number of halogens is 1. The zero-order valence-electron chi connectivity index (χ0n) is 11.0. The molecule has 3 N–H and O–H groups in total. The second kappa shape index (κ2) is 7.39. The number of carbonyl (C=O) groups excluding carboxylic acids is 1. The number of benzene rings is 1. The van der Waals surface area contributed by atoms with Crippen molar-refractivity contribution in [1.29, 1.82) is 0 Å². The fraction of sp³-hybridized carbons (Fsp3) is 0.500. The van der Waals surface area contributed by atoms with E-state index in [4.69, 9.17) is 17.3 Å². The van der Waals surface area contributed by atoms with Crippen molar-refractivity contribution in [2.24, 2.45) is 11.7 Å².